The molecule has 0 amide bonds. The van der Waals surface area contributed by atoms with Crippen molar-refractivity contribution >= 4 is 45.2 Å². The van der Waals surface area contributed by atoms with Crippen LogP contribution in [0.4, 0.5) is 0 Å². The molecule has 0 aromatic heterocycles. The van der Waals surface area contributed by atoms with E-state index in [0.717, 1.165) is 5.75 Å². The van der Waals surface area contributed by atoms with Crippen LogP contribution in [0.2, 0.25) is 0 Å². The van der Waals surface area contributed by atoms with Gasteiger partial charge >= 0.3 is 5.97 Å². The van der Waals surface area contributed by atoms with E-state index in [1.807, 2.05) is 13.0 Å². The number of hydrogen-bond acceptors (Lipinski definition) is 5. The molecule has 1 atom stereocenters. The number of hydrogen-bond donors (Lipinski definition) is 1. The molecule has 0 bridgehead atoms. The van der Waals surface area contributed by atoms with Gasteiger partial charge in [-0.15, -0.1) is 11.8 Å². The quantitative estimate of drug-likeness (QED) is 0.755. The Bertz CT molecular complexity index is 249. The minimum atomic E-state index is -0.875. The Kier molecular flexibility index (Phi) is 7.95. The van der Waals surface area contributed by atoms with Crippen molar-refractivity contribution in [3.8, 4) is 6.07 Å². The average molecular weight is 249 g/mol. The van der Waals surface area contributed by atoms with Crippen LogP contribution >= 0.6 is 35.7 Å². The number of nitrogens with zero attached hydrogens (tertiary/aromatic N) is 1. The number of carboxylic acids is 1. The largest absolute Gasteiger partial charge is 0.481 e. The fourth-order valence-corrected chi connectivity index (χ4v) is 3.11. The molecule has 0 saturated heterocycles. The van der Waals surface area contributed by atoms with E-state index in [1.165, 1.54) is 23.5 Å². The first-order chi connectivity index (χ1) is 6.60. The third-order valence-electron chi connectivity index (χ3n) is 1.27. The van der Waals surface area contributed by atoms with Gasteiger partial charge in [-0.25, -0.2) is 0 Å². The maximum atomic E-state index is 10.3. The van der Waals surface area contributed by atoms with E-state index in [-0.39, 0.29) is 11.7 Å². The van der Waals surface area contributed by atoms with Crippen LogP contribution in [0.1, 0.15) is 19.8 Å². The summed E-state index contributed by atoms with van der Waals surface area (Å²) in [5.41, 5.74) is 0. The Morgan fingerprint density at radius 3 is 2.79 bits per heavy atom. The van der Waals surface area contributed by atoms with Gasteiger partial charge in [0.1, 0.15) is 3.53 Å². The van der Waals surface area contributed by atoms with E-state index in [0.29, 0.717) is 9.95 Å². The maximum absolute atomic E-state index is 10.3. The maximum Gasteiger partial charge on any atom is 0.303 e. The number of thiocarbonyl (C=S) groups is 1. The summed E-state index contributed by atoms with van der Waals surface area (Å²) in [6.07, 6.45) is 0.367. The van der Waals surface area contributed by atoms with Gasteiger partial charge in [-0.2, -0.15) is 5.26 Å². The van der Waals surface area contributed by atoms with Crippen LogP contribution < -0.4 is 0 Å². The number of aliphatic carboxylic acids is 1. The molecule has 3 nitrogen and oxygen atoms in total. The highest BCUT2D eigenvalue weighted by Crippen LogP contribution is 2.24. The Morgan fingerprint density at radius 2 is 2.36 bits per heavy atom. The van der Waals surface area contributed by atoms with Crippen molar-refractivity contribution in [1.82, 2.24) is 0 Å². The smallest absolute Gasteiger partial charge is 0.303 e. The summed E-state index contributed by atoms with van der Waals surface area (Å²) in [4.78, 5) is 10.3. The molecule has 0 heterocycles. The molecule has 0 saturated carbocycles. The molecule has 6 heteroatoms. The zero-order valence-corrected chi connectivity index (χ0v) is 10.2. The molecule has 0 aliphatic heterocycles. The Morgan fingerprint density at radius 1 is 1.71 bits per heavy atom. The van der Waals surface area contributed by atoms with E-state index in [9.17, 15) is 4.79 Å². The van der Waals surface area contributed by atoms with Gasteiger partial charge in [-0.05, 0) is 12.2 Å². The van der Waals surface area contributed by atoms with Crippen LogP contribution in [0.5, 0.6) is 0 Å². The van der Waals surface area contributed by atoms with Crippen molar-refractivity contribution < 1.29 is 9.90 Å². The van der Waals surface area contributed by atoms with Gasteiger partial charge in [0.2, 0.25) is 0 Å². The predicted octanol–water partition coefficient (Wildman–Crippen LogP) is 2.51. The van der Waals surface area contributed by atoms with Gasteiger partial charge in [0.25, 0.3) is 0 Å². The molecule has 1 unspecified atom stereocenters. The van der Waals surface area contributed by atoms with Crippen molar-refractivity contribution in [2.24, 2.45) is 0 Å². The highest BCUT2D eigenvalue weighted by molar-refractivity contribution is 8.47. The highest BCUT2D eigenvalue weighted by Gasteiger charge is 2.12. The monoisotopic (exact) mass is 249 g/mol. The second-order valence-electron chi connectivity index (χ2n) is 2.35. The fraction of sp³-hybridized carbons (Fsp3) is 0.625. The number of thioether (sulfide) groups is 2. The number of carboxylic acid groups (broad SMARTS) is 1. The van der Waals surface area contributed by atoms with Crippen LogP contribution in [0, 0.1) is 11.3 Å². The lowest BCUT2D eigenvalue weighted by atomic mass is 10.2. The Labute approximate surface area is 97.2 Å². The van der Waals surface area contributed by atoms with Gasteiger partial charge < -0.3 is 5.11 Å². The summed E-state index contributed by atoms with van der Waals surface area (Å²) in [5.74, 6) is 0.00281. The summed E-state index contributed by atoms with van der Waals surface area (Å²) in [6.45, 7) is 1.98. The molecule has 0 radical (unpaired) electrons. The summed E-state index contributed by atoms with van der Waals surface area (Å²) in [5, 5.41) is 16.8. The number of rotatable bonds is 5. The van der Waals surface area contributed by atoms with E-state index in [1.54, 1.807) is 0 Å². The lowest BCUT2D eigenvalue weighted by Gasteiger charge is -2.06. The number of nitriles is 1. The van der Waals surface area contributed by atoms with Gasteiger partial charge in [-0.1, -0.05) is 30.9 Å². The molecule has 0 aromatic rings. The molecule has 0 rings (SSSR count). The van der Waals surface area contributed by atoms with Crippen LogP contribution in [-0.4, -0.2) is 25.6 Å². The Hall–Kier alpha value is -0.250. The van der Waals surface area contributed by atoms with Crippen LogP contribution in [0.15, 0.2) is 0 Å². The summed E-state index contributed by atoms with van der Waals surface area (Å²) < 4.78 is 0.712. The topological polar surface area (TPSA) is 61.1 Å². The minimum Gasteiger partial charge on any atom is -0.481 e. The highest BCUT2D eigenvalue weighted by atomic mass is 32.2. The molecule has 0 fully saturated rings. The van der Waals surface area contributed by atoms with E-state index in [2.05, 4.69) is 0 Å². The van der Waals surface area contributed by atoms with E-state index < -0.39 is 5.97 Å². The van der Waals surface area contributed by atoms with Crippen LogP contribution in [0.25, 0.3) is 0 Å². The summed E-state index contributed by atoms with van der Waals surface area (Å²) in [6, 6.07) is 2.05. The van der Waals surface area contributed by atoms with Gasteiger partial charge in [-0.3, -0.25) is 4.79 Å². The summed E-state index contributed by atoms with van der Waals surface area (Å²) >= 11 is 7.79. The standard InChI is InChI=1S/C8H11NO2S3/c1-2-13-8(12)14-6(5-9)3-4-7(10)11/h6H,2-4H2,1H3,(H,10,11). The van der Waals surface area contributed by atoms with Crippen molar-refractivity contribution in [3.05, 3.63) is 0 Å². The zero-order chi connectivity index (χ0) is 11.0. The van der Waals surface area contributed by atoms with E-state index >= 15 is 0 Å². The van der Waals surface area contributed by atoms with Gasteiger partial charge in [0.05, 0.1) is 11.3 Å². The molecule has 78 valence electrons. The number of carbonyl (C=O) groups is 1. The molecular weight excluding hydrogens is 238 g/mol. The first kappa shape index (κ1) is 13.8. The van der Waals surface area contributed by atoms with Crippen molar-refractivity contribution in [2.75, 3.05) is 5.75 Å². The predicted molar refractivity (Wildman–Crippen MR) is 64.6 cm³/mol. The molecule has 0 spiro atoms. The minimum absolute atomic E-state index is 0.0185. The lowest BCUT2D eigenvalue weighted by Crippen LogP contribution is -2.05. The summed E-state index contributed by atoms with van der Waals surface area (Å²) in [7, 11) is 0. The van der Waals surface area contributed by atoms with Crippen molar-refractivity contribution in [3.63, 3.8) is 0 Å². The first-order valence-corrected chi connectivity index (χ1v) is 6.32. The third-order valence-corrected chi connectivity index (χ3v) is 3.89. The third kappa shape index (κ3) is 7.18. The molecule has 0 aliphatic rings. The van der Waals surface area contributed by atoms with Crippen molar-refractivity contribution in [1.29, 1.82) is 5.26 Å². The second-order valence-corrected chi connectivity index (χ2v) is 6.02. The zero-order valence-electron chi connectivity index (χ0n) is 7.73. The second kappa shape index (κ2) is 8.09. The molecule has 14 heavy (non-hydrogen) atoms. The Balaban J connectivity index is 3.86. The fourth-order valence-electron chi connectivity index (χ4n) is 0.672. The molecule has 1 N–H and O–H groups in total. The van der Waals surface area contributed by atoms with E-state index in [4.69, 9.17) is 22.6 Å². The normalized spacial score (nSPS) is 11.7. The van der Waals surface area contributed by atoms with Gasteiger partial charge in [0.15, 0.2) is 0 Å². The van der Waals surface area contributed by atoms with Crippen LogP contribution in [-0.2, 0) is 4.79 Å². The molecular formula is C8H11NO2S3. The molecule has 0 aromatic carbocycles. The van der Waals surface area contributed by atoms with Crippen LogP contribution in [0.3, 0.4) is 0 Å². The van der Waals surface area contributed by atoms with Gasteiger partial charge in [0, 0.05) is 6.42 Å². The molecule has 0 aliphatic carbocycles. The average Bonchev–Trinajstić information content (AvgIpc) is 2.12. The lowest BCUT2D eigenvalue weighted by molar-refractivity contribution is -0.137. The SMILES string of the molecule is CCSC(=S)SC(C#N)CCC(=O)O. The van der Waals surface area contributed by atoms with Crippen molar-refractivity contribution in [2.45, 2.75) is 25.0 Å². The first-order valence-electron chi connectivity index (χ1n) is 4.05.